The smallest absolute Gasteiger partial charge is 0.323 e. The van der Waals surface area contributed by atoms with Crippen LogP contribution in [0.1, 0.15) is 31.2 Å². The number of carbonyl (C=O) groups is 2. The highest BCUT2D eigenvalue weighted by molar-refractivity contribution is 5.83. The van der Waals surface area contributed by atoms with E-state index in [-0.39, 0.29) is 30.7 Å². The van der Waals surface area contributed by atoms with Gasteiger partial charge >= 0.3 is 5.97 Å². The number of rotatable bonds is 5. The molecule has 0 atom stereocenters. The van der Waals surface area contributed by atoms with Crippen LogP contribution in [-0.4, -0.2) is 39.6 Å². The lowest BCUT2D eigenvalue weighted by Crippen LogP contribution is -2.43. The highest BCUT2D eigenvalue weighted by atomic mass is 16.4. The van der Waals surface area contributed by atoms with Gasteiger partial charge in [0.2, 0.25) is 5.91 Å². The number of hydrogen-bond donors (Lipinski definition) is 2. The zero-order chi connectivity index (χ0) is 14.5. The maximum Gasteiger partial charge on any atom is 0.323 e. The molecule has 1 aliphatic rings. The molecule has 108 valence electrons. The largest absolute Gasteiger partial charge is 0.508 e. The Morgan fingerprint density at radius 2 is 1.85 bits per heavy atom. The maximum atomic E-state index is 12.3. The fourth-order valence-electron chi connectivity index (χ4n) is 2.71. The predicted octanol–water partition coefficient (Wildman–Crippen LogP) is 1.79. The molecule has 5 heteroatoms. The number of hydrogen-bond acceptors (Lipinski definition) is 3. The summed E-state index contributed by atoms with van der Waals surface area (Å²) in [4.78, 5) is 24.7. The standard InChI is InChI=1S/C15H19NO4/c17-13-8-4-1-5-11(13)9-14(18)16(10-15(19)20)12-6-2-3-7-12/h1,4-5,8,12,17H,2-3,6-7,9-10H2,(H,19,20). The molecule has 1 aromatic carbocycles. The minimum atomic E-state index is -0.998. The zero-order valence-corrected chi connectivity index (χ0v) is 11.3. The fourth-order valence-corrected chi connectivity index (χ4v) is 2.71. The van der Waals surface area contributed by atoms with E-state index in [1.807, 2.05) is 0 Å². The molecule has 1 amide bonds. The van der Waals surface area contributed by atoms with Gasteiger partial charge in [-0.2, -0.15) is 0 Å². The minimum Gasteiger partial charge on any atom is -0.508 e. The Morgan fingerprint density at radius 3 is 2.45 bits per heavy atom. The Hall–Kier alpha value is -2.04. The Labute approximate surface area is 117 Å². The van der Waals surface area contributed by atoms with Crippen LogP contribution in [-0.2, 0) is 16.0 Å². The number of aliphatic carboxylic acids is 1. The van der Waals surface area contributed by atoms with E-state index in [0.717, 1.165) is 25.7 Å². The fraction of sp³-hybridized carbons (Fsp3) is 0.467. The summed E-state index contributed by atoms with van der Waals surface area (Å²) in [5.41, 5.74) is 0.533. The van der Waals surface area contributed by atoms with Crippen LogP contribution in [0, 0.1) is 0 Å². The molecule has 0 saturated heterocycles. The maximum absolute atomic E-state index is 12.3. The molecular formula is C15H19NO4. The first kappa shape index (κ1) is 14.4. The summed E-state index contributed by atoms with van der Waals surface area (Å²) in [6.45, 7) is -0.267. The molecule has 0 aliphatic heterocycles. The van der Waals surface area contributed by atoms with E-state index < -0.39 is 5.97 Å². The van der Waals surface area contributed by atoms with Crippen molar-refractivity contribution in [3.63, 3.8) is 0 Å². The normalized spacial score (nSPS) is 15.2. The van der Waals surface area contributed by atoms with Gasteiger partial charge in [-0.3, -0.25) is 9.59 Å². The van der Waals surface area contributed by atoms with Crippen molar-refractivity contribution >= 4 is 11.9 Å². The molecule has 0 aromatic heterocycles. The first-order chi connectivity index (χ1) is 9.58. The molecule has 2 rings (SSSR count). The molecule has 0 heterocycles. The lowest BCUT2D eigenvalue weighted by atomic mass is 10.1. The molecule has 1 aromatic rings. The van der Waals surface area contributed by atoms with Crippen LogP contribution in [0.2, 0.25) is 0 Å². The van der Waals surface area contributed by atoms with Crippen molar-refractivity contribution in [1.82, 2.24) is 4.90 Å². The van der Waals surface area contributed by atoms with E-state index in [2.05, 4.69) is 0 Å². The summed E-state index contributed by atoms with van der Waals surface area (Å²) in [6, 6.07) is 6.67. The lowest BCUT2D eigenvalue weighted by Gasteiger charge is -2.27. The highest BCUT2D eigenvalue weighted by Gasteiger charge is 2.28. The number of nitrogens with zero attached hydrogens (tertiary/aromatic N) is 1. The van der Waals surface area contributed by atoms with E-state index in [1.165, 1.54) is 11.0 Å². The molecule has 0 spiro atoms. The molecule has 20 heavy (non-hydrogen) atoms. The Balaban J connectivity index is 2.09. The van der Waals surface area contributed by atoms with E-state index in [4.69, 9.17) is 5.11 Å². The van der Waals surface area contributed by atoms with Crippen molar-refractivity contribution in [3.8, 4) is 5.75 Å². The van der Waals surface area contributed by atoms with Gasteiger partial charge in [0.1, 0.15) is 12.3 Å². The van der Waals surface area contributed by atoms with Crippen molar-refractivity contribution in [3.05, 3.63) is 29.8 Å². The van der Waals surface area contributed by atoms with Crippen LogP contribution in [0.5, 0.6) is 5.75 Å². The van der Waals surface area contributed by atoms with Crippen molar-refractivity contribution in [2.45, 2.75) is 38.1 Å². The second-order valence-corrected chi connectivity index (χ2v) is 5.16. The molecule has 1 saturated carbocycles. The van der Waals surface area contributed by atoms with Crippen LogP contribution in [0.15, 0.2) is 24.3 Å². The SMILES string of the molecule is O=C(O)CN(C(=O)Cc1ccccc1O)C1CCCC1. The third-order valence-electron chi connectivity index (χ3n) is 3.72. The van der Waals surface area contributed by atoms with Gasteiger partial charge in [0.15, 0.2) is 0 Å². The number of para-hydroxylation sites is 1. The van der Waals surface area contributed by atoms with Gasteiger partial charge in [0, 0.05) is 11.6 Å². The summed E-state index contributed by atoms with van der Waals surface area (Å²) in [5, 5.41) is 18.7. The van der Waals surface area contributed by atoms with E-state index in [1.54, 1.807) is 18.2 Å². The second kappa shape index (κ2) is 6.41. The Bertz CT molecular complexity index is 494. The van der Waals surface area contributed by atoms with Crippen molar-refractivity contribution in [2.24, 2.45) is 0 Å². The monoisotopic (exact) mass is 277 g/mol. The average molecular weight is 277 g/mol. The van der Waals surface area contributed by atoms with Crippen LogP contribution in [0.4, 0.5) is 0 Å². The third-order valence-corrected chi connectivity index (χ3v) is 3.72. The first-order valence-electron chi connectivity index (χ1n) is 6.86. The summed E-state index contributed by atoms with van der Waals surface area (Å²) >= 11 is 0. The van der Waals surface area contributed by atoms with Crippen molar-refractivity contribution in [1.29, 1.82) is 0 Å². The molecule has 1 fully saturated rings. The number of phenolic OH excluding ortho intramolecular Hbond substituents is 1. The summed E-state index contributed by atoms with van der Waals surface area (Å²) < 4.78 is 0. The lowest BCUT2D eigenvalue weighted by molar-refractivity contribution is -0.145. The minimum absolute atomic E-state index is 0.0180. The van der Waals surface area contributed by atoms with Gasteiger partial charge in [-0.25, -0.2) is 0 Å². The van der Waals surface area contributed by atoms with Crippen LogP contribution >= 0.6 is 0 Å². The topological polar surface area (TPSA) is 77.8 Å². The van der Waals surface area contributed by atoms with Gasteiger partial charge in [-0.15, -0.1) is 0 Å². The number of aromatic hydroxyl groups is 1. The van der Waals surface area contributed by atoms with Crippen LogP contribution < -0.4 is 0 Å². The molecular weight excluding hydrogens is 258 g/mol. The number of carboxylic acid groups (broad SMARTS) is 1. The average Bonchev–Trinajstić information content (AvgIpc) is 2.92. The van der Waals surface area contributed by atoms with Gasteiger partial charge in [-0.1, -0.05) is 31.0 Å². The van der Waals surface area contributed by atoms with Crippen LogP contribution in [0.25, 0.3) is 0 Å². The number of carbonyl (C=O) groups excluding carboxylic acids is 1. The number of amides is 1. The predicted molar refractivity (Wildman–Crippen MR) is 73.4 cm³/mol. The quantitative estimate of drug-likeness (QED) is 0.860. The van der Waals surface area contributed by atoms with Gasteiger partial charge in [0.05, 0.1) is 6.42 Å². The molecule has 0 bridgehead atoms. The molecule has 0 radical (unpaired) electrons. The Kier molecular flexibility index (Phi) is 4.61. The zero-order valence-electron chi connectivity index (χ0n) is 11.3. The molecule has 1 aliphatic carbocycles. The van der Waals surface area contributed by atoms with Crippen molar-refractivity contribution < 1.29 is 19.8 Å². The molecule has 0 unspecified atom stereocenters. The number of carboxylic acids is 1. The number of benzene rings is 1. The second-order valence-electron chi connectivity index (χ2n) is 5.16. The Morgan fingerprint density at radius 1 is 1.20 bits per heavy atom. The summed E-state index contributed by atoms with van der Waals surface area (Å²) in [5.74, 6) is -1.16. The summed E-state index contributed by atoms with van der Waals surface area (Å²) in [7, 11) is 0. The van der Waals surface area contributed by atoms with Gasteiger partial charge in [-0.05, 0) is 18.9 Å². The van der Waals surface area contributed by atoms with Gasteiger partial charge in [0.25, 0.3) is 0 Å². The molecule has 2 N–H and O–H groups in total. The van der Waals surface area contributed by atoms with Crippen LogP contribution in [0.3, 0.4) is 0 Å². The van der Waals surface area contributed by atoms with E-state index in [9.17, 15) is 14.7 Å². The van der Waals surface area contributed by atoms with E-state index >= 15 is 0 Å². The first-order valence-corrected chi connectivity index (χ1v) is 6.86. The third kappa shape index (κ3) is 3.50. The van der Waals surface area contributed by atoms with E-state index in [0.29, 0.717) is 5.56 Å². The molecule has 5 nitrogen and oxygen atoms in total. The highest BCUT2D eigenvalue weighted by Crippen LogP contribution is 2.25. The van der Waals surface area contributed by atoms with Crippen molar-refractivity contribution in [2.75, 3.05) is 6.54 Å². The number of phenols is 1. The summed E-state index contributed by atoms with van der Waals surface area (Å²) in [6.07, 6.45) is 3.82. The van der Waals surface area contributed by atoms with Gasteiger partial charge < -0.3 is 15.1 Å².